The van der Waals surface area contributed by atoms with Gasteiger partial charge in [0.05, 0.1) is 5.69 Å². The van der Waals surface area contributed by atoms with Gasteiger partial charge in [0, 0.05) is 22.4 Å². The number of unbranched alkanes of at least 4 members (excludes halogenated alkanes) is 1. The summed E-state index contributed by atoms with van der Waals surface area (Å²) >= 11 is 6.66. The molecule has 0 N–H and O–H groups in total. The van der Waals surface area contributed by atoms with E-state index in [1.54, 1.807) is 58.3 Å². The molecule has 8 heteroatoms. The van der Waals surface area contributed by atoms with Crippen LogP contribution in [0.1, 0.15) is 25.5 Å². The van der Waals surface area contributed by atoms with Crippen molar-refractivity contribution in [2.45, 2.75) is 34.2 Å². The first kappa shape index (κ1) is 17.8. The first-order valence-electron chi connectivity index (χ1n) is 7.54. The Morgan fingerprint density at radius 1 is 1.08 bits per heavy atom. The van der Waals surface area contributed by atoms with Crippen LogP contribution in [-0.4, -0.2) is 20.9 Å². The number of hydrogen-bond donors (Lipinski definition) is 0. The molecule has 3 aromatic rings. The lowest BCUT2D eigenvalue weighted by Gasteiger charge is -1.95. The standard InChI is InChI=1S/C16H16FN3S4/c1-2-3-8-21-15-19-20-16(24-15)23-10-13-9-22-14(18-13)11-4-6-12(17)7-5-11/h4-7,9H,2-3,8,10H2,1H3. The van der Waals surface area contributed by atoms with E-state index < -0.39 is 0 Å². The van der Waals surface area contributed by atoms with Gasteiger partial charge in [-0.3, -0.25) is 0 Å². The molecule has 0 atom stereocenters. The zero-order chi connectivity index (χ0) is 16.8. The minimum atomic E-state index is -0.227. The van der Waals surface area contributed by atoms with Gasteiger partial charge in [0.15, 0.2) is 8.68 Å². The maximum Gasteiger partial charge on any atom is 0.175 e. The van der Waals surface area contributed by atoms with Crippen molar-refractivity contribution in [2.75, 3.05) is 5.75 Å². The fourth-order valence-electron chi connectivity index (χ4n) is 1.85. The van der Waals surface area contributed by atoms with Crippen molar-refractivity contribution in [2.24, 2.45) is 0 Å². The average Bonchev–Trinajstić information content (AvgIpc) is 3.23. The second-order valence-electron chi connectivity index (χ2n) is 4.98. The Labute approximate surface area is 157 Å². The summed E-state index contributed by atoms with van der Waals surface area (Å²) in [5.41, 5.74) is 1.96. The fraction of sp³-hybridized carbons (Fsp3) is 0.312. The highest BCUT2D eigenvalue weighted by molar-refractivity contribution is 8.02. The van der Waals surface area contributed by atoms with Crippen molar-refractivity contribution in [3.63, 3.8) is 0 Å². The molecule has 0 amide bonds. The first-order valence-corrected chi connectivity index (χ1v) is 11.2. The van der Waals surface area contributed by atoms with Crippen molar-refractivity contribution in [3.05, 3.63) is 41.2 Å². The molecule has 0 fully saturated rings. The Morgan fingerprint density at radius 3 is 2.58 bits per heavy atom. The Hall–Kier alpha value is -0.960. The van der Waals surface area contributed by atoms with Gasteiger partial charge in [-0.2, -0.15) is 0 Å². The normalized spacial score (nSPS) is 11.1. The van der Waals surface area contributed by atoms with E-state index in [1.807, 2.05) is 5.38 Å². The molecular formula is C16H16FN3S4. The van der Waals surface area contributed by atoms with E-state index in [9.17, 15) is 4.39 Å². The summed E-state index contributed by atoms with van der Waals surface area (Å²) in [6.45, 7) is 2.19. The minimum absolute atomic E-state index is 0.227. The second kappa shape index (κ2) is 8.94. The number of benzene rings is 1. The van der Waals surface area contributed by atoms with Gasteiger partial charge in [-0.25, -0.2) is 9.37 Å². The molecular weight excluding hydrogens is 381 g/mol. The van der Waals surface area contributed by atoms with Gasteiger partial charge in [-0.05, 0) is 30.7 Å². The van der Waals surface area contributed by atoms with Crippen LogP contribution >= 0.6 is 46.2 Å². The third-order valence-electron chi connectivity index (χ3n) is 3.10. The number of thiazole rings is 1. The molecule has 0 saturated heterocycles. The number of nitrogens with zero attached hydrogens (tertiary/aromatic N) is 3. The van der Waals surface area contributed by atoms with Gasteiger partial charge in [0.25, 0.3) is 0 Å². The van der Waals surface area contributed by atoms with E-state index in [-0.39, 0.29) is 5.82 Å². The lowest BCUT2D eigenvalue weighted by Crippen LogP contribution is -1.82. The Kier molecular flexibility index (Phi) is 6.65. The number of rotatable bonds is 8. The SMILES string of the molecule is CCCCSc1nnc(SCc2csc(-c3ccc(F)cc3)n2)s1. The summed E-state index contributed by atoms with van der Waals surface area (Å²) in [4.78, 5) is 4.62. The average molecular weight is 398 g/mol. The molecule has 0 spiro atoms. The van der Waals surface area contributed by atoms with Crippen LogP contribution in [-0.2, 0) is 5.75 Å². The lowest BCUT2D eigenvalue weighted by atomic mass is 10.2. The van der Waals surface area contributed by atoms with Gasteiger partial charge in [0.2, 0.25) is 0 Å². The maximum absolute atomic E-state index is 13.0. The van der Waals surface area contributed by atoms with Crippen molar-refractivity contribution >= 4 is 46.2 Å². The second-order valence-corrected chi connectivity index (χ2v) is 9.38. The molecule has 1 aromatic carbocycles. The summed E-state index contributed by atoms with van der Waals surface area (Å²) in [6.07, 6.45) is 2.41. The van der Waals surface area contributed by atoms with Gasteiger partial charge in [-0.15, -0.1) is 21.5 Å². The molecule has 0 saturated carbocycles. The quantitative estimate of drug-likeness (QED) is 0.345. The van der Waals surface area contributed by atoms with E-state index in [2.05, 4.69) is 22.1 Å². The molecule has 0 aliphatic carbocycles. The van der Waals surface area contributed by atoms with Crippen LogP contribution in [0.3, 0.4) is 0 Å². The highest BCUT2D eigenvalue weighted by Crippen LogP contribution is 2.32. The van der Waals surface area contributed by atoms with Gasteiger partial charge >= 0.3 is 0 Å². The Morgan fingerprint density at radius 2 is 1.83 bits per heavy atom. The monoisotopic (exact) mass is 397 g/mol. The molecule has 0 bridgehead atoms. The highest BCUT2D eigenvalue weighted by atomic mass is 32.2. The predicted molar refractivity (Wildman–Crippen MR) is 103 cm³/mol. The molecule has 2 heterocycles. The minimum Gasteiger partial charge on any atom is -0.240 e. The fourth-order valence-corrected chi connectivity index (χ4v) is 5.85. The summed E-state index contributed by atoms with van der Waals surface area (Å²) in [7, 11) is 0. The predicted octanol–water partition coefficient (Wildman–Crippen LogP) is 5.99. The van der Waals surface area contributed by atoms with E-state index >= 15 is 0 Å². The summed E-state index contributed by atoms with van der Waals surface area (Å²) in [5.74, 6) is 1.64. The maximum atomic E-state index is 13.0. The molecule has 3 rings (SSSR count). The van der Waals surface area contributed by atoms with Crippen LogP contribution in [0.4, 0.5) is 4.39 Å². The Balaban J connectivity index is 1.54. The molecule has 24 heavy (non-hydrogen) atoms. The molecule has 0 aliphatic rings. The molecule has 126 valence electrons. The zero-order valence-corrected chi connectivity index (χ0v) is 16.3. The summed E-state index contributed by atoms with van der Waals surface area (Å²) < 4.78 is 15.0. The van der Waals surface area contributed by atoms with Crippen LogP contribution in [0.15, 0.2) is 38.3 Å². The van der Waals surface area contributed by atoms with Crippen LogP contribution in [0, 0.1) is 5.82 Å². The van der Waals surface area contributed by atoms with Crippen LogP contribution in [0.5, 0.6) is 0 Å². The smallest absolute Gasteiger partial charge is 0.175 e. The van der Waals surface area contributed by atoms with E-state index in [1.165, 1.54) is 25.0 Å². The topological polar surface area (TPSA) is 38.7 Å². The third-order valence-corrected chi connectivity index (χ3v) is 7.35. The third kappa shape index (κ3) is 5.02. The summed E-state index contributed by atoms with van der Waals surface area (Å²) in [5, 5.41) is 11.4. The largest absolute Gasteiger partial charge is 0.240 e. The van der Waals surface area contributed by atoms with Crippen molar-refractivity contribution in [1.29, 1.82) is 0 Å². The van der Waals surface area contributed by atoms with Crippen molar-refractivity contribution in [1.82, 2.24) is 15.2 Å². The first-order chi connectivity index (χ1) is 11.7. The number of hydrogen-bond acceptors (Lipinski definition) is 7. The van der Waals surface area contributed by atoms with Crippen LogP contribution in [0.25, 0.3) is 10.6 Å². The summed E-state index contributed by atoms with van der Waals surface area (Å²) in [6, 6.07) is 6.44. The number of aromatic nitrogens is 3. The zero-order valence-electron chi connectivity index (χ0n) is 13.1. The van der Waals surface area contributed by atoms with Gasteiger partial charge < -0.3 is 0 Å². The molecule has 3 nitrogen and oxygen atoms in total. The van der Waals surface area contributed by atoms with E-state index in [0.29, 0.717) is 0 Å². The van der Waals surface area contributed by atoms with Gasteiger partial charge in [0.1, 0.15) is 10.8 Å². The molecule has 0 aliphatic heterocycles. The molecule has 2 aromatic heterocycles. The van der Waals surface area contributed by atoms with Crippen LogP contribution in [0.2, 0.25) is 0 Å². The highest BCUT2D eigenvalue weighted by Gasteiger charge is 2.09. The van der Waals surface area contributed by atoms with E-state index in [0.717, 1.165) is 36.5 Å². The number of thioether (sulfide) groups is 2. The van der Waals surface area contributed by atoms with Crippen molar-refractivity contribution < 1.29 is 4.39 Å². The Bertz CT molecular complexity index is 770. The number of halogens is 1. The molecule has 0 radical (unpaired) electrons. The van der Waals surface area contributed by atoms with E-state index in [4.69, 9.17) is 0 Å². The lowest BCUT2D eigenvalue weighted by molar-refractivity contribution is 0.628. The van der Waals surface area contributed by atoms with Crippen molar-refractivity contribution in [3.8, 4) is 10.6 Å². The molecule has 0 unspecified atom stereocenters. The van der Waals surface area contributed by atoms with Crippen LogP contribution < -0.4 is 0 Å². The van der Waals surface area contributed by atoms with Gasteiger partial charge in [-0.1, -0.05) is 48.2 Å².